The van der Waals surface area contributed by atoms with Crippen molar-refractivity contribution >= 4 is 11.9 Å². The Morgan fingerprint density at radius 3 is 2.29 bits per heavy atom. The third kappa shape index (κ3) is 8.14. The molecule has 4 heteroatoms. The number of rotatable bonds is 10. The molecule has 0 N–H and O–H groups in total. The second kappa shape index (κ2) is 10.1. The minimum atomic E-state index is -0.449. The van der Waals surface area contributed by atoms with Gasteiger partial charge in [-0.1, -0.05) is 51.1 Å². The minimum Gasteiger partial charge on any atom is -0.461 e. The second-order valence-electron chi connectivity index (χ2n) is 6.86. The molecule has 24 heavy (non-hydrogen) atoms. The first-order chi connectivity index (χ1) is 11.3. The fourth-order valence-electron chi connectivity index (χ4n) is 2.23. The zero-order valence-electron chi connectivity index (χ0n) is 15.3. The number of hydrogen-bond acceptors (Lipinski definition) is 4. The largest absolute Gasteiger partial charge is 0.461 e. The van der Waals surface area contributed by atoms with Gasteiger partial charge in [0.05, 0.1) is 12.8 Å². The summed E-state index contributed by atoms with van der Waals surface area (Å²) < 4.78 is 10.8. The fraction of sp³-hybridized carbons (Fsp3) is 0.600. The molecule has 1 unspecified atom stereocenters. The van der Waals surface area contributed by atoms with Crippen LogP contribution in [-0.2, 0) is 25.7 Å². The lowest BCUT2D eigenvalue weighted by molar-refractivity contribution is -0.162. The smallest absolute Gasteiger partial charge is 0.306 e. The van der Waals surface area contributed by atoms with Crippen LogP contribution in [0.2, 0.25) is 0 Å². The third-order valence-electron chi connectivity index (χ3n) is 4.13. The van der Waals surface area contributed by atoms with Crippen molar-refractivity contribution in [3.63, 3.8) is 0 Å². The Morgan fingerprint density at radius 2 is 1.71 bits per heavy atom. The van der Waals surface area contributed by atoms with Gasteiger partial charge >= 0.3 is 11.9 Å². The molecule has 134 valence electrons. The summed E-state index contributed by atoms with van der Waals surface area (Å²) in [4.78, 5) is 23.8. The van der Waals surface area contributed by atoms with Crippen molar-refractivity contribution in [2.75, 3.05) is 0 Å². The second-order valence-corrected chi connectivity index (χ2v) is 6.86. The lowest BCUT2D eigenvalue weighted by Gasteiger charge is -2.29. The summed E-state index contributed by atoms with van der Waals surface area (Å²) in [6, 6.07) is 9.48. The number of carbonyl (C=O) groups is 2. The minimum absolute atomic E-state index is 0.0512. The molecule has 0 aliphatic carbocycles. The molecular formula is C20H30O4. The topological polar surface area (TPSA) is 52.6 Å². The van der Waals surface area contributed by atoms with Crippen LogP contribution in [0.15, 0.2) is 30.3 Å². The summed E-state index contributed by atoms with van der Waals surface area (Å²) in [5.41, 5.74) is 0.482. The quantitative estimate of drug-likeness (QED) is 0.584. The molecule has 0 aliphatic heterocycles. The lowest BCUT2D eigenvalue weighted by Crippen LogP contribution is -2.31. The van der Waals surface area contributed by atoms with Crippen LogP contribution in [0.3, 0.4) is 0 Å². The van der Waals surface area contributed by atoms with Crippen LogP contribution in [0.1, 0.15) is 65.4 Å². The van der Waals surface area contributed by atoms with E-state index in [-0.39, 0.29) is 31.4 Å². The number of esters is 2. The standard InChI is InChI=1S/C20H30O4/c1-5-20(4,14-13-16(2)3)24-19(22)12-11-18(21)23-15-17-9-7-6-8-10-17/h6-10,16H,5,11-15H2,1-4H3. The highest BCUT2D eigenvalue weighted by Crippen LogP contribution is 2.25. The van der Waals surface area contributed by atoms with Crippen LogP contribution >= 0.6 is 0 Å². The molecule has 0 aliphatic rings. The molecule has 1 rings (SSSR count). The maximum Gasteiger partial charge on any atom is 0.306 e. The predicted molar refractivity (Wildman–Crippen MR) is 94.3 cm³/mol. The molecular weight excluding hydrogens is 304 g/mol. The van der Waals surface area contributed by atoms with Gasteiger partial charge in [0.1, 0.15) is 12.2 Å². The lowest BCUT2D eigenvalue weighted by atomic mass is 9.93. The van der Waals surface area contributed by atoms with Gasteiger partial charge in [-0.05, 0) is 37.7 Å². The Morgan fingerprint density at radius 1 is 1.08 bits per heavy atom. The number of ether oxygens (including phenoxy) is 2. The Kier molecular flexibility index (Phi) is 8.51. The first-order valence-corrected chi connectivity index (χ1v) is 8.76. The van der Waals surface area contributed by atoms with Gasteiger partial charge in [0.25, 0.3) is 0 Å². The van der Waals surface area contributed by atoms with Crippen LogP contribution in [0.5, 0.6) is 0 Å². The molecule has 0 saturated heterocycles. The van der Waals surface area contributed by atoms with Gasteiger partial charge in [-0.15, -0.1) is 0 Å². The molecule has 4 nitrogen and oxygen atoms in total. The normalized spacial score (nSPS) is 13.4. The maximum atomic E-state index is 12.0. The molecule has 0 saturated carbocycles. The van der Waals surface area contributed by atoms with Crippen molar-refractivity contribution in [1.82, 2.24) is 0 Å². The van der Waals surface area contributed by atoms with Crippen molar-refractivity contribution < 1.29 is 19.1 Å². The van der Waals surface area contributed by atoms with E-state index < -0.39 is 5.60 Å². The van der Waals surface area contributed by atoms with E-state index in [9.17, 15) is 9.59 Å². The van der Waals surface area contributed by atoms with Crippen molar-refractivity contribution in [3.8, 4) is 0 Å². The molecule has 0 fully saturated rings. The van der Waals surface area contributed by atoms with Crippen molar-refractivity contribution in [2.45, 2.75) is 72.0 Å². The van der Waals surface area contributed by atoms with E-state index in [1.165, 1.54) is 0 Å². The Hall–Kier alpha value is -1.84. The van der Waals surface area contributed by atoms with Crippen LogP contribution in [0.25, 0.3) is 0 Å². The Labute approximate surface area is 145 Å². The summed E-state index contributed by atoms with van der Waals surface area (Å²) in [6.07, 6.45) is 2.73. The van der Waals surface area contributed by atoms with Gasteiger partial charge < -0.3 is 9.47 Å². The SMILES string of the molecule is CCC(C)(CCC(C)C)OC(=O)CCC(=O)OCc1ccccc1. The zero-order chi connectivity index (χ0) is 18.0. The van der Waals surface area contributed by atoms with E-state index in [1.807, 2.05) is 44.2 Å². The van der Waals surface area contributed by atoms with Gasteiger partial charge in [0.2, 0.25) is 0 Å². The van der Waals surface area contributed by atoms with Gasteiger partial charge in [0, 0.05) is 0 Å². The van der Waals surface area contributed by atoms with Gasteiger partial charge in [-0.3, -0.25) is 9.59 Å². The Bertz CT molecular complexity index is 510. The number of carbonyl (C=O) groups excluding carboxylic acids is 2. The highest BCUT2D eigenvalue weighted by atomic mass is 16.6. The fourth-order valence-corrected chi connectivity index (χ4v) is 2.23. The number of hydrogen-bond donors (Lipinski definition) is 0. The van der Waals surface area contributed by atoms with Gasteiger partial charge in [-0.2, -0.15) is 0 Å². The highest BCUT2D eigenvalue weighted by Gasteiger charge is 2.27. The molecule has 0 bridgehead atoms. The average Bonchev–Trinajstić information content (AvgIpc) is 2.57. The van der Waals surface area contributed by atoms with E-state index in [1.54, 1.807) is 0 Å². The molecule has 1 aromatic rings. The third-order valence-corrected chi connectivity index (χ3v) is 4.13. The first kappa shape index (κ1) is 20.2. The van der Waals surface area contributed by atoms with Gasteiger partial charge in [0.15, 0.2) is 0 Å². The number of benzene rings is 1. The van der Waals surface area contributed by atoms with Gasteiger partial charge in [-0.25, -0.2) is 0 Å². The van der Waals surface area contributed by atoms with E-state index in [0.29, 0.717) is 5.92 Å². The molecule has 0 amide bonds. The van der Waals surface area contributed by atoms with E-state index in [2.05, 4.69) is 13.8 Å². The highest BCUT2D eigenvalue weighted by molar-refractivity contribution is 5.77. The van der Waals surface area contributed by atoms with E-state index in [0.717, 1.165) is 24.8 Å². The monoisotopic (exact) mass is 334 g/mol. The molecule has 0 radical (unpaired) electrons. The Balaban J connectivity index is 2.32. The molecule has 0 heterocycles. The molecule has 0 aromatic heterocycles. The van der Waals surface area contributed by atoms with Crippen molar-refractivity contribution in [1.29, 1.82) is 0 Å². The first-order valence-electron chi connectivity index (χ1n) is 8.76. The molecule has 0 spiro atoms. The molecule has 1 aromatic carbocycles. The van der Waals surface area contributed by atoms with Crippen LogP contribution in [-0.4, -0.2) is 17.5 Å². The summed E-state index contributed by atoms with van der Waals surface area (Å²) in [6.45, 7) is 8.51. The van der Waals surface area contributed by atoms with E-state index in [4.69, 9.17) is 9.47 Å². The van der Waals surface area contributed by atoms with Crippen LogP contribution in [0, 0.1) is 5.92 Å². The zero-order valence-corrected chi connectivity index (χ0v) is 15.3. The predicted octanol–water partition coefficient (Wildman–Crippen LogP) is 4.66. The molecule has 1 atom stereocenters. The summed E-state index contributed by atoms with van der Waals surface area (Å²) in [5, 5.41) is 0. The van der Waals surface area contributed by atoms with Crippen LogP contribution in [0.4, 0.5) is 0 Å². The maximum absolute atomic E-state index is 12.0. The summed E-state index contributed by atoms with van der Waals surface area (Å²) in [5.74, 6) is -0.140. The summed E-state index contributed by atoms with van der Waals surface area (Å²) >= 11 is 0. The van der Waals surface area contributed by atoms with Crippen LogP contribution < -0.4 is 0 Å². The van der Waals surface area contributed by atoms with E-state index >= 15 is 0 Å². The summed E-state index contributed by atoms with van der Waals surface area (Å²) in [7, 11) is 0. The van der Waals surface area contributed by atoms with Crippen molar-refractivity contribution in [2.24, 2.45) is 5.92 Å². The average molecular weight is 334 g/mol. The van der Waals surface area contributed by atoms with Crippen molar-refractivity contribution in [3.05, 3.63) is 35.9 Å².